The second-order valence-electron chi connectivity index (χ2n) is 6.46. The molecule has 3 nitrogen and oxygen atoms in total. The Bertz CT molecular complexity index is 759. The standard InChI is InChI=1S/C19H20F2N2O/c1-11(2)13-9-8-12-5-3-7-15(16(12)13)23-19(24)14-6-4-10-22-17(14)18(20)21/h3-7,10-11,13,18H,8-9H2,1-2H3,(H,23,24). The number of nitrogens with zero attached hydrogens (tertiary/aromatic N) is 1. The van der Waals surface area contributed by atoms with Gasteiger partial charge in [0.05, 0.1) is 5.56 Å². The van der Waals surface area contributed by atoms with Crippen molar-refractivity contribution in [3.8, 4) is 0 Å². The molecule has 1 atom stereocenters. The van der Waals surface area contributed by atoms with Gasteiger partial charge in [0, 0.05) is 11.9 Å². The first-order valence-electron chi connectivity index (χ1n) is 8.15. The average molecular weight is 330 g/mol. The number of alkyl halides is 2. The second-order valence-corrected chi connectivity index (χ2v) is 6.46. The quantitative estimate of drug-likeness (QED) is 0.861. The predicted molar refractivity (Wildman–Crippen MR) is 89.5 cm³/mol. The summed E-state index contributed by atoms with van der Waals surface area (Å²) < 4.78 is 26.1. The minimum Gasteiger partial charge on any atom is -0.322 e. The topological polar surface area (TPSA) is 42.0 Å². The number of hydrogen-bond acceptors (Lipinski definition) is 2. The third-order valence-electron chi connectivity index (χ3n) is 4.63. The molecular formula is C19H20F2N2O. The lowest BCUT2D eigenvalue weighted by atomic mass is 9.89. The summed E-state index contributed by atoms with van der Waals surface area (Å²) in [5, 5.41) is 2.83. The van der Waals surface area contributed by atoms with Gasteiger partial charge in [0.25, 0.3) is 12.3 Å². The molecule has 0 aliphatic heterocycles. The zero-order valence-corrected chi connectivity index (χ0v) is 13.7. The highest BCUT2D eigenvalue weighted by Gasteiger charge is 2.28. The van der Waals surface area contributed by atoms with Crippen molar-refractivity contribution < 1.29 is 13.6 Å². The van der Waals surface area contributed by atoms with Gasteiger partial charge in [-0.3, -0.25) is 9.78 Å². The van der Waals surface area contributed by atoms with Crippen molar-refractivity contribution in [2.24, 2.45) is 5.92 Å². The van der Waals surface area contributed by atoms with Crippen LogP contribution in [0.4, 0.5) is 14.5 Å². The lowest BCUT2D eigenvalue weighted by molar-refractivity contribution is 0.100. The van der Waals surface area contributed by atoms with Crippen molar-refractivity contribution in [3.63, 3.8) is 0 Å². The zero-order valence-electron chi connectivity index (χ0n) is 13.7. The van der Waals surface area contributed by atoms with Crippen LogP contribution >= 0.6 is 0 Å². The molecule has 126 valence electrons. The lowest BCUT2D eigenvalue weighted by Crippen LogP contribution is -2.17. The van der Waals surface area contributed by atoms with Gasteiger partial charge < -0.3 is 5.32 Å². The Morgan fingerprint density at radius 1 is 1.25 bits per heavy atom. The molecule has 0 spiro atoms. The molecule has 1 aliphatic carbocycles. The Labute approximate surface area is 140 Å². The molecule has 1 aliphatic rings. The van der Waals surface area contributed by atoms with E-state index < -0.39 is 18.0 Å². The maximum atomic E-state index is 13.1. The monoisotopic (exact) mass is 330 g/mol. The van der Waals surface area contributed by atoms with Gasteiger partial charge in [-0.2, -0.15) is 0 Å². The molecule has 1 N–H and O–H groups in total. The molecule has 24 heavy (non-hydrogen) atoms. The van der Waals surface area contributed by atoms with Crippen LogP contribution in [0.1, 0.15) is 59.8 Å². The number of benzene rings is 1. The van der Waals surface area contributed by atoms with E-state index in [1.165, 1.54) is 23.9 Å². The average Bonchev–Trinajstić information content (AvgIpc) is 3.00. The van der Waals surface area contributed by atoms with Crippen LogP contribution < -0.4 is 5.32 Å². The number of carbonyl (C=O) groups excluding carboxylic acids is 1. The number of nitrogens with one attached hydrogen (secondary N) is 1. The summed E-state index contributed by atoms with van der Waals surface area (Å²) in [6.07, 6.45) is 0.524. The van der Waals surface area contributed by atoms with Crippen molar-refractivity contribution in [1.82, 2.24) is 4.98 Å². The van der Waals surface area contributed by atoms with Gasteiger partial charge in [0.15, 0.2) is 0 Å². The van der Waals surface area contributed by atoms with Crippen LogP contribution in [0.25, 0.3) is 0 Å². The number of carbonyl (C=O) groups is 1. The molecule has 2 aromatic rings. The summed E-state index contributed by atoms with van der Waals surface area (Å²) in [7, 11) is 0. The fraction of sp³-hybridized carbons (Fsp3) is 0.368. The number of anilines is 1. The van der Waals surface area contributed by atoms with Crippen molar-refractivity contribution in [2.45, 2.75) is 39.0 Å². The molecule has 0 bridgehead atoms. The Balaban J connectivity index is 1.93. The van der Waals surface area contributed by atoms with E-state index in [-0.39, 0.29) is 5.56 Å². The third-order valence-corrected chi connectivity index (χ3v) is 4.63. The summed E-state index contributed by atoms with van der Waals surface area (Å²) in [6.45, 7) is 4.32. The molecule has 1 amide bonds. The van der Waals surface area contributed by atoms with E-state index >= 15 is 0 Å². The highest BCUT2D eigenvalue weighted by molar-refractivity contribution is 6.05. The molecular weight excluding hydrogens is 310 g/mol. The van der Waals surface area contributed by atoms with E-state index in [4.69, 9.17) is 0 Å². The van der Waals surface area contributed by atoms with Crippen LogP contribution in [-0.2, 0) is 6.42 Å². The molecule has 1 heterocycles. The number of hydrogen-bond donors (Lipinski definition) is 1. The van der Waals surface area contributed by atoms with Crippen molar-refractivity contribution >= 4 is 11.6 Å². The fourth-order valence-corrected chi connectivity index (χ4v) is 3.47. The maximum absolute atomic E-state index is 13.1. The van der Waals surface area contributed by atoms with E-state index in [1.54, 1.807) is 0 Å². The molecule has 1 aromatic heterocycles. The smallest absolute Gasteiger partial charge is 0.281 e. The van der Waals surface area contributed by atoms with Gasteiger partial charge in [0.2, 0.25) is 0 Å². The van der Waals surface area contributed by atoms with Gasteiger partial charge in [-0.1, -0.05) is 26.0 Å². The summed E-state index contributed by atoms with van der Waals surface area (Å²) in [5.74, 6) is 0.292. The highest BCUT2D eigenvalue weighted by Crippen LogP contribution is 2.42. The highest BCUT2D eigenvalue weighted by atomic mass is 19.3. The van der Waals surface area contributed by atoms with E-state index in [1.807, 2.05) is 12.1 Å². The number of rotatable bonds is 4. The molecule has 0 radical (unpaired) electrons. The Morgan fingerprint density at radius 3 is 2.75 bits per heavy atom. The van der Waals surface area contributed by atoms with Gasteiger partial charge in [-0.25, -0.2) is 8.78 Å². The number of amides is 1. The van der Waals surface area contributed by atoms with Gasteiger partial charge in [0.1, 0.15) is 5.69 Å². The number of halogens is 2. The normalized spacial score (nSPS) is 16.5. The van der Waals surface area contributed by atoms with Crippen LogP contribution in [0.15, 0.2) is 36.5 Å². The van der Waals surface area contributed by atoms with Crippen LogP contribution in [0, 0.1) is 5.92 Å². The summed E-state index contributed by atoms with van der Waals surface area (Å²) >= 11 is 0. The maximum Gasteiger partial charge on any atom is 0.281 e. The number of pyridine rings is 1. The molecule has 1 aromatic carbocycles. The van der Waals surface area contributed by atoms with Crippen molar-refractivity contribution in [2.75, 3.05) is 5.32 Å². The molecule has 5 heteroatoms. The first kappa shape index (κ1) is 16.6. The minimum atomic E-state index is -2.78. The van der Waals surface area contributed by atoms with Gasteiger partial charge in [-0.15, -0.1) is 0 Å². The molecule has 0 fully saturated rings. The van der Waals surface area contributed by atoms with Crippen LogP contribution in [0.3, 0.4) is 0 Å². The van der Waals surface area contributed by atoms with E-state index in [9.17, 15) is 13.6 Å². The largest absolute Gasteiger partial charge is 0.322 e. The molecule has 0 saturated carbocycles. The molecule has 1 unspecified atom stereocenters. The summed E-state index contributed by atoms with van der Waals surface area (Å²) in [5.41, 5.74) is 2.53. The number of aromatic nitrogens is 1. The zero-order chi connectivity index (χ0) is 17.3. The van der Waals surface area contributed by atoms with Crippen LogP contribution in [0.2, 0.25) is 0 Å². The number of fused-ring (bicyclic) bond motifs is 1. The molecule has 3 rings (SSSR count). The first-order chi connectivity index (χ1) is 11.5. The summed E-state index contributed by atoms with van der Waals surface area (Å²) in [4.78, 5) is 16.2. The van der Waals surface area contributed by atoms with Crippen LogP contribution in [0.5, 0.6) is 0 Å². The Kier molecular flexibility index (Phi) is 4.60. The SMILES string of the molecule is CC(C)C1CCc2cccc(NC(=O)c3cccnc3C(F)F)c21. The number of aryl methyl sites for hydroxylation is 1. The minimum absolute atomic E-state index is 0.0794. The Hall–Kier alpha value is -2.30. The van der Waals surface area contributed by atoms with E-state index in [2.05, 4.69) is 30.2 Å². The van der Waals surface area contributed by atoms with Crippen molar-refractivity contribution in [3.05, 3.63) is 58.9 Å². The van der Waals surface area contributed by atoms with Gasteiger partial charge in [-0.05, 0) is 54.0 Å². The fourth-order valence-electron chi connectivity index (χ4n) is 3.47. The van der Waals surface area contributed by atoms with Gasteiger partial charge >= 0.3 is 0 Å². The molecule has 0 saturated heterocycles. The first-order valence-corrected chi connectivity index (χ1v) is 8.15. The summed E-state index contributed by atoms with van der Waals surface area (Å²) in [6, 6.07) is 8.69. The van der Waals surface area contributed by atoms with E-state index in [0.717, 1.165) is 24.1 Å². The van der Waals surface area contributed by atoms with Crippen LogP contribution in [-0.4, -0.2) is 10.9 Å². The van der Waals surface area contributed by atoms with Crippen molar-refractivity contribution in [1.29, 1.82) is 0 Å². The lowest BCUT2D eigenvalue weighted by Gasteiger charge is -2.20. The predicted octanol–water partition coefficient (Wildman–Crippen LogP) is 4.96. The second kappa shape index (κ2) is 6.67. The Morgan fingerprint density at radius 2 is 2.04 bits per heavy atom. The third kappa shape index (κ3) is 3.03. The van der Waals surface area contributed by atoms with E-state index in [0.29, 0.717) is 11.8 Å².